The molecule has 96 valence electrons. The van der Waals surface area contributed by atoms with E-state index in [2.05, 4.69) is 0 Å². The van der Waals surface area contributed by atoms with Crippen molar-refractivity contribution >= 4 is 0 Å². The Kier molecular flexibility index (Phi) is 5.94. The van der Waals surface area contributed by atoms with E-state index in [0.29, 0.717) is 25.4 Å². The summed E-state index contributed by atoms with van der Waals surface area (Å²) in [6.45, 7) is 2.94. The van der Waals surface area contributed by atoms with Crippen LogP contribution in [0.4, 0.5) is 4.39 Å². The molecule has 0 radical (unpaired) electrons. The number of nitrogens with two attached hydrogens (primary N) is 1. The minimum Gasteiger partial charge on any atom is -0.490 e. The second kappa shape index (κ2) is 7.25. The van der Waals surface area contributed by atoms with E-state index in [1.165, 1.54) is 6.07 Å². The van der Waals surface area contributed by atoms with E-state index < -0.39 is 0 Å². The molecule has 1 aromatic carbocycles. The van der Waals surface area contributed by atoms with Crippen LogP contribution < -0.4 is 10.5 Å². The number of rotatable bonds is 7. The van der Waals surface area contributed by atoms with E-state index >= 15 is 0 Å². The van der Waals surface area contributed by atoms with Crippen LogP contribution in [0.3, 0.4) is 0 Å². The summed E-state index contributed by atoms with van der Waals surface area (Å²) in [5, 5.41) is 0. The molecule has 0 aromatic heterocycles. The number of hydrogen-bond donors (Lipinski definition) is 1. The van der Waals surface area contributed by atoms with Crippen LogP contribution >= 0.6 is 0 Å². The van der Waals surface area contributed by atoms with E-state index in [0.717, 1.165) is 12.0 Å². The van der Waals surface area contributed by atoms with Crippen molar-refractivity contribution in [3.8, 4) is 5.75 Å². The number of para-hydroxylation sites is 1. The zero-order valence-corrected chi connectivity index (χ0v) is 10.4. The molecular formula is C13H20FNO2. The maximum atomic E-state index is 13.6. The average molecular weight is 241 g/mol. The van der Waals surface area contributed by atoms with Crippen molar-refractivity contribution in [2.45, 2.75) is 25.8 Å². The summed E-state index contributed by atoms with van der Waals surface area (Å²) in [4.78, 5) is 0. The first-order valence-electron chi connectivity index (χ1n) is 5.80. The third kappa shape index (κ3) is 4.71. The van der Waals surface area contributed by atoms with Crippen molar-refractivity contribution in [3.63, 3.8) is 0 Å². The van der Waals surface area contributed by atoms with Gasteiger partial charge in [0, 0.05) is 26.2 Å². The summed E-state index contributed by atoms with van der Waals surface area (Å²) >= 11 is 0. The van der Waals surface area contributed by atoms with E-state index in [4.69, 9.17) is 15.2 Å². The second-order valence-corrected chi connectivity index (χ2v) is 4.10. The maximum Gasteiger partial charge on any atom is 0.165 e. The van der Waals surface area contributed by atoms with Crippen molar-refractivity contribution in [2.24, 2.45) is 5.73 Å². The van der Waals surface area contributed by atoms with Crippen LogP contribution in [0.15, 0.2) is 18.2 Å². The minimum atomic E-state index is -0.333. The molecule has 0 aliphatic heterocycles. The largest absolute Gasteiger partial charge is 0.490 e. The van der Waals surface area contributed by atoms with Crippen molar-refractivity contribution in [2.75, 3.05) is 20.3 Å². The second-order valence-electron chi connectivity index (χ2n) is 4.10. The lowest BCUT2D eigenvalue weighted by molar-refractivity contribution is 0.170. The molecule has 0 saturated heterocycles. The van der Waals surface area contributed by atoms with Gasteiger partial charge in [-0.1, -0.05) is 12.1 Å². The Morgan fingerprint density at radius 3 is 2.76 bits per heavy atom. The topological polar surface area (TPSA) is 44.5 Å². The molecule has 0 saturated carbocycles. The lowest BCUT2D eigenvalue weighted by Gasteiger charge is -2.13. The molecule has 0 spiro atoms. The molecular weight excluding hydrogens is 221 g/mol. The molecule has 2 N–H and O–H groups in total. The molecule has 1 atom stereocenters. The summed E-state index contributed by atoms with van der Waals surface area (Å²) in [6.07, 6.45) is 1.35. The molecule has 1 unspecified atom stereocenters. The first kappa shape index (κ1) is 13.9. The third-order valence-corrected chi connectivity index (χ3v) is 2.33. The highest BCUT2D eigenvalue weighted by Crippen LogP contribution is 2.23. The Morgan fingerprint density at radius 2 is 2.12 bits per heavy atom. The maximum absolute atomic E-state index is 13.6. The van der Waals surface area contributed by atoms with Gasteiger partial charge in [-0.3, -0.25) is 0 Å². The molecule has 3 nitrogen and oxygen atoms in total. The Balaban J connectivity index is 2.66. The Morgan fingerprint density at radius 1 is 1.35 bits per heavy atom. The van der Waals surface area contributed by atoms with Crippen LogP contribution in [0.1, 0.15) is 18.9 Å². The number of ether oxygens (including phenoxy) is 2. The fraction of sp³-hybridized carbons (Fsp3) is 0.538. The predicted molar refractivity (Wildman–Crippen MR) is 65.7 cm³/mol. The molecule has 0 aliphatic rings. The highest BCUT2D eigenvalue weighted by Gasteiger charge is 2.11. The lowest BCUT2D eigenvalue weighted by atomic mass is 10.1. The standard InChI is InChI=1S/C13H20FNO2/c1-10(15)9-11-5-3-6-12(14)13(11)17-8-4-7-16-2/h3,5-6,10H,4,7-9,15H2,1-2H3. The number of hydrogen-bond acceptors (Lipinski definition) is 3. The molecule has 0 bridgehead atoms. The molecule has 17 heavy (non-hydrogen) atoms. The first-order chi connectivity index (χ1) is 8.15. The summed E-state index contributed by atoms with van der Waals surface area (Å²) in [5.74, 6) is -0.0125. The molecule has 0 fully saturated rings. The molecule has 1 rings (SSSR count). The van der Waals surface area contributed by atoms with E-state index in [9.17, 15) is 4.39 Å². The minimum absolute atomic E-state index is 0.0156. The Labute approximate surface area is 102 Å². The van der Waals surface area contributed by atoms with Crippen molar-refractivity contribution in [1.82, 2.24) is 0 Å². The Hall–Kier alpha value is -1.13. The average Bonchev–Trinajstić information content (AvgIpc) is 2.26. The van der Waals surface area contributed by atoms with Crippen molar-refractivity contribution < 1.29 is 13.9 Å². The molecule has 0 amide bonds. The van der Waals surface area contributed by atoms with Crippen LogP contribution in [0.5, 0.6) is 5.75 Å². The number of benzene rings is 1. The van der Waals surface area contributed by atoms with Gasteiger partial charge in [0.2, 0.25) is 0 Å². The monoisotopic (exact) mass is 241 g/mol. The van der Waals surface area contributed by atoms with Gasteiger partial charge >= 0.3 is 0 Å². The lowest BCUT2D eigenvalue weighted by Crippen LogP contribution is -2.18. The van der Waals surface area contributed by atoms with Gasteiger partial charge in [0.15, 0.2) is 11.6 Å². The number of methoxy groups -OCH3 is 1. The van der Waals surface area contributed by atoms with Crippen LogP contribution in [0, 0.1) is 5.82 Å². The highest BCUT2D eigenvalue weighted by atomic mass is 19.1. The van der Waals surface area contributed by atoms with Gasteiger partial charge in [0.1, 0.15) is 0 Å². The van der Waals surface area contributed by atoms with Gasteiger partial charge < -0.3 is 15.2 Å². The Bertz CT molecular complexity index is 342. The van der Waals surface area contributed by atoms with Crippen LogP contribution in [-0.4, -0.2) is 26.4 Å². The summed E-state index contributed by atoms with van der Waals surface area (Å²) in [7, 11) is 1.63. The van der Waals surface area contributed by atoms with Gasteiger partial charge in [0.25, 0.3) is 0 Å². The molecule has 0 aliphatic carbocycles. The highest BCUT2D eigenvalue weighted by molar-refractivity contribution is 5.35. The molecule has 4 heteroatoms. The number of halogens is 1. The van der Waals surface area contributed by atoms with E-state index in [-0.39, 0.29) is 11.9 Å². The molecule has 1 aromatic rings. The normalized spacial score (nSPS) is 12.5. The van der Waals surface area contributed by atoms with E-state index in [1.54, 1.807) is 13.2 Å². The van der Waals surface area contributed by atoms with Gasteiger partial charge in [-0.05, 0) is 25.0 Å². The fourth-order valence-electron chi connectivity index (χ4n) is 1.60. The summed E-state index contributed by atoms with van der Waals surface area (Å²) in [5.41, 5.74) is 6.54. The third-order valence-electron chi connectivity index (χ3n) is 2.33. The van der Waals surface area contributed by atoms with Crippen LogP contribution in [-0.2, 0) is 11.2 Å². The van der Waals surface area contributed by atoms with Gasteiger partial charge in [0.05, 0.1) is 6.61 Å². The quantitative estimate of drug-likeness (QED) is 0.744. The zero-order chi connectivity index (χ0) is 12.7. The molecule has 0 heterocycles. The summed E-state index contributed by atoms with van der Waals surface area (Å²) < 4.78 is 24.0. The smallest absolute Gasteiger partial charge is 0.165 e. The van der Waals surface area contributed by atoms with E-state index in [1.807, 2.05) is 13.0 Å². The van der Waals surface area contributed by atoms with Crippen molar-refractivity contribution in [1.29, 1.82) is 0 Å². The van der Waals surface area contributed by atoms with Gasteiger partial charge in [-0.15, -0.1) is 0 Å². The SMILES string of the molecule is COCCCOc1c(F)cccc1CC(C)N. The predicted octanol–water partition coefficient (Wildman–Crippen LogP) is 2.13. The first-order valence-corrected chi connectivity index (χ1v) is 5.80. The zero-order valence-electron chi connectivity index (χ0n) is 10.4. The summed E-state index contributed by atoms with van der Waals surface area (Å²) in [6, 6.07) is 4.90. The van der Waals surface area contributed by atoms with Gasteiger partial charge in [-0.25, -0.2) is 4.39 Å². The van der Waals surface area contributed by atoms with Crippen molar-refractivity contribution in [3.05, 3.63) is 29.6 Å². The fourth-order valence-corrected chi connectivity index (χ4v) is 1.60. The van der Waals surface area contributed by atoms with Gasteiger partial charge in [-0.2, -0.15) is 0 Å². The van der Waals surface area contributed by atoms with Crippen LogP contribution in [0.25, 0.3) is 0 Å². The van der Waals surface area contributed by atoms with Crippen LogP contribution in [0.2, 0.25) is 0 Å².